The Hall–Kier alpha value is -2.43. The van der Waals surface area contributed by atoms with Crippen LogP contribution in [-0.4, -0.2) is 79.4 Å². The molecule has 7 atom stereocenters. The van der Waals surface area contributed by atoms with Gasteiger partial charge in [0.25, 0.3) is 11.1 Å². The molecule has 0 bridgehead atoms. The summed E-state index contributed by atoms with van der Waals surface area (Å²) in [6.07, 6.45) is -3.15. The zero-order valence-corrected chi connectivity index (χ0v) is 20.9. The maximum Gasteiger partial charge on any atom is 0.488 e. The molecule has 0 amide bonds. The summed E-state index contributed by atoms with van der Waals surface area (Å²) in [5.41, 5.74) is -1.95. The van der Waals surface area contributed by atoms with Gasteiger partial charge in [-0.3, -0.25) is 28.7 Å². The largest absolute Gasteiger partial charge is 0.488 e. The number of aliphatic hydroxyl groups is 2. The summed E-state index contributed by atoms with van der Waals surface area (Å²) in [5.74, 6) is 0. The van der Waals surface area contributed by atoms with Gasteiger partial charge in [-0.05, 0) is 13.8 Å². The Morgan fingerprint density at radius 3 is 2.05 bits per heavy atom. The molecule has 0 spiro atoms. The third-order valence-corrected chi connectivity index (χ3v) is 7.28. The van der Waals surface area contributed by atoms with Gasteiger partial charge in [0.05, 0.1) is 12.7 Å². The molecule has 0 aliphatic carbocycles. The van der Waals surface area contributed by atoms with Crippen LogP contribution in [0.4, 0.5) is 0 Å². The molecule has 2 aliphatic rings. The molecule has 15 nitrogen and oxygen atoms in total. The van der Waals surface area contributed by atoms with Crippen molar-refractivity contribution >= 4 is 15.4 Å². The van der Waals surface area contributed by atoms with Crippen LogP contribution < -0.4 is 22.5 Å². The summed E-state index contributed by atoms with van der Waals surface area (Å²) in [6.45, 7) is 2.12. The van der Waals surface area contributed by atoms with Gasteiger partial charge in [-0.2, -0.15) is 9.05 Å². The first-order chi connectivity index (χ1) is 17.4. The predicted octanol–water partition coefficient (Wildman–Crippen LogP) is -2.13. The minimum Gasteiger partial charge on any atom is -0.394 e. The highest BCUT2D eigenvalue weighted by Gasteiger charge is 2.48. The fraction of sp³-hybridized carbons (Fsp3) is 0.600. The van der Waals surface area contributed by atoms with Gasteiger partial charge in [-0.1, -0.05) is 0 Å². The van der Waals surface area contributed by atoms with Gasteiger partial charge >= 0.3 is 26.8 Å². The van der Waals surface area contributed by atoms with Crippen LogP contribution in [0.15, 0.2) is 31.6 Å². The van der Waals surface area contributed by atoms with E-state index in [-0.39, 0.29) is 24.0 Å². The van der Waals surface area contributed by atoms with Crippen molar-refractivity contribution in [3.8, 4) is 0 Å². The molecule has 37 heavy (non-hydrogen) atoms. The summed E-state index contributed by atoms with van der Waals surface area (Å²) < 4.78 is 24.5. The first-order valence-electron chi connectivity index (χ1n) is 11.4. The molecule has 4 rings (SSSR count). The van der Waals surface area contributed by atoms with Crippen molar-refractivity contribution in [2.45, 2.75) is 63.6 Å². The van der Waals surface area contributed by atoms with Crippen molar-refractivity contribution in [1.29, 1.82) is 0 Å². The van der Waals surface area contributed by atoms with E-state index in [2.05, 4.69) is 9.97 Å². The average Bonchev–Trinajstić information content (AvgIpc) is 3.39. The molecule has 2 radical (unpaired) electrons. The number of aliphatic hydroxyl groups excluding tert-OH is 2. The number of H-pyrrole nitrogens is 2. The Morgan fingerprint density at radius 1 is 1.00 bits per heavy atom. The summed E-state index contributed by atoms with van der Waals surface area (Å²) >= 11 is 0. The van der Waals surface area contributed by atoms with Crippen LogP contribution >= 0.6 is 7.82 Å². The number of aromatic nitrogens is 4. The number of hydrogen-bond donors (Lipinski definition) is 5. The van der Waals surface area contributed by atoms with E-state index in [4.69, 9.17) is 26.1 Å². The molecule has 2 aliphatic heterocycles. The monoisotopic (exact) mass is 541 g/mol. The van der Waals surface area contributed by atoms with Gasteiger partial charge < -0.3 is 19.7 Å². The number of rotatable bonds is 8. The highest BCUT2D eigenvalue weighted by atomic mass is 31.2. The summed E-state index contributed by atoms with van der Waals surface area (Å²) in [6, 6.07) is 0. The minimum absolute atomic E-state index is 0.00140. The SMILES string of the molecule is [B][P+](O)(OC[C@H]1O[C@@H](n2cc(C)c(=O)[nH]c2=O)CC1O)OC1C[C@H](n2cc(C)c(=O)[nH]c2=O)O[C@@H]1CO. The van der Waals surface area contributed by atoms with Crippen molar-refractivity contribution in [1.82, 2.24) is 19.1 Å². The molecule has 4 heterocycles. The van der Waals surface area contributed by atoms with E-state index >= 15 is 0 Å². The zero-order valence-electron chi connectivity index (χ0n) is 20.0. The minimum atomic E-state index is -4.03. The van der Waals surface area contributed by atoms with Crippen molar-refractivity contribution in [2.75, 3.05) is 13.2 Å². The third kappa shape index (κ3) is 6.02. The van der Waals surface area contributed by atoms with Crippen molar-refractivity contribution in [2.24, 2.45) is 0 Å². The third-order valence-electron chi connectivity index (χ3n) is 6.19. The van der Waals surface area contributed by atoms with E-state index in [9.17, 15) is 34.3 Å². The zero-order chi connectivity index (χ0) is 27.1. The molecule has 17 heteroatoms. The van der Waals surface area contributed by atoms with E-state index in [1.165, 1.54) is 26.2 Å². The van der Waals surface area contributed by atoms with Gasteiger partial charge in [0.1, 0.15) is 37.4 Å². The highest BCUT2D eigenvalue weighted by molar-refractivity contribution is 7.85. The lowest BCUT2D eigenvalue weighted by molar-refractivity contribution is -0.0538. The smallest absolute Gasteiger partial charge is 0.394 e. The molecule has 200 valence electrons. The first kappa shape index (κ1) is 27.6. The quantitative estimate of drug-likeness (QED) is 0.180. The fourth-order valence-electron chi connectivity index (χ4n) is 4.19. The molecular formula is C20H27BN4O11P+. The molecule has 0 aromatic carbocycles. The standard InChI is InChI=1S/C20H27BN4O11P/c1-9-5-24(19(30)22-17(9)28)15-3-11(27)14(35-15)8-33-37(21,32)36-12-4-16(34-13(12)7-26)25-6-10(2)18(29)23-20(25)31/h5-6,11-16,26-27,32H,3-4,7-8H2,1-2H3,(H,22,28,30)(H,23,29,31)/q+1/t11?,12?,13-,14-,15-,16-,37?/m1/s1. The molecule has 2 fully saturated rings. The van der Waals surface area contributed by atoms with E-state index in [1.54, 1.807) is 0 Å². The average molecular weight is 541 g/mol. The number of nitrogens with zero attached hydrogens (tertiary/aromatic N) is 2. The molecule has 2 aromatic rings. The lowest BCUT2D eigenvalue weighted by Gasteiger charge is -2.22. The maximum absolute atomic E-state index is 12.2. The van der Waals surface area contributed by atoms with Crippen molar-refractivity contribution < 1.29 is 33.6 Å². The molecule has 0 saturated carbocycles. The second-order valence-electron chi connectivity index (χ2n) is 8.94. The molecule has 2 saturated heterocycles. The molecular weight excluding hydrogens is 514 g/mol. The Labute approximate surface area is 210 Å². The second kappa shape index (κ2) is 10.7. The van der Waals surface area contributed by atoms with Crippen LogP contribution in [0, 0.1) is 13.8 Å². The number of aromatic amines is 2. The van der Waals surface area contributed by atoms with Gasteiger partial charge in [-0.25, -0.2) is 14.5 Å². The van der Waals surface area contributed by atoms with Gasteiger partial charge in [0.15, 0.2) is 0 Å². The topological polar surface area (TPSA) is 207 Å². The van der Waals surface area contributed by atoms with Gasteiger partial charge in [-0.15, -0.1) is 0 Å². The van der Waals surface area contributed by atoms with Crippen LogP contribution in [0.2, 0.25) is 0 Å². The normalized spacial score (nSPS) is 29.4. The van der Waals surface area contributed by atoms with E-state index < -0.39 is 80.4 Å². The van der Waals surface area contributed by atoms with Crippen molar-refractivity contribution in [3.05, 3.63) is 65.2 Å². The van der Waals surface area contributed by atoms with Crippen LogP contribution in [-0.2, 0) is 18.5 Å². The van der Waals surface area contributed by atoms with Crippen molar-refractivity contribution in [3.63, 3.8) is 0 Å². The summed E-state index contributed by atoms with van der Waals surface area (Å²) in [5, 5.41) is 20.1. The van der Waals surface area contributed by atoms with Crippen LogP contribution in [0.3, 0.4) is 0 Å². The fourth-order valence-corrected chi connectivity index (χ4v) is 5.22. The number of aryl methyl sites for hydroxylation is 2. The van der Waals surface area contributed by atoms with Crippen LogP contribution in [0.25, 0.3) is 0 Å². The highest BCUT2D eigenvalue weighted by Crippen LogP contribution is 2.55. The molecule has 5 N–H and O–H groups in total. The van der Waals surface area contributed by atoms with Gasteiger partial charge in [0, 0.05) is 36.4 Å². The molecule has 3 unspecified atom stereocenters. The van der Waals surface area contributed by atoms with E-state index in [0.717, 1.165) is 9.13 Å². The molecule has 2 aromatic heterocycles. The number of nitrogens with one attached hydrogen (secondary N) is 2. The Morgan fingerprint density at radius 2 is 1.51 bits per heavy atom. The predicted molar refractivity (Wildman–Crippen MR) is 128 cm³/mol. The second-order valence-corrected chi connectivity index (χ2v) is 10.5. The summed E-state index contributed by atoms with van der Waals surface area (Å²) in [4.78, 5) is 62.4. The Kier molecular flexibility index (Phi) is 8.02. The number of hydrogen-bond acceptors (Lipinski definition) is 11. The van der Waals surface area contributed by atoms with Gasteiger partial charge in [0.2, 0.25) is 0 Å². The Balaban J connectivity index is 1.39. The van der Waals surface area contributed by atoms with Crippen LogP contribution in [0.5, 0.6) is 0 Å². The van der Waals surface area contributed by atoms with E-state index in [0.29, 0.717) is 0 Å². The Bertz CT molecular complexity index is 1370. The first-order valence-corrected chi connectivity index (χ1v) is 13.0. The van der Waals surface area contributed by atoms with E-state index in [1.807, 2.05) is 0 Å². The lowest BCUT2D eigenvalue weighted by Crippen LogP contribution is -2.33. The maximum atomic E-state index is 12.2. The number of ether oxygens (including phenoxy) is 2. The lowest BCUT2D eigenvalue weighted by atomic mass is 10.2. The van der Waals surface area contributed by atoms with Crippen LogP contribution in [0.1, 0.15) is 36.4 Å². The summed E-state index contributed by atoms with van der Waals surface area (Å²) in [7, 11) is 1.81.